The second-order valence-electron chi connectivity index (χ2n) is 2.60. The molecule has 2 unspecified atom stereocenters. The molecule has 59 valence electrons. The number of hydrogen-bond acceptors (Lipinski definition) is 1. The smallest absolute Gasteiger partial charge is 0.230 e. The number of carbonyl (C=O) groups excluding carboxylic acids is 1. The summed E-state index contributed by atoms with van der Waals surface area (Å²) in [4.78, 5) is 9.62. The van der Waals surface area contributed by atoms with E-state index in [0.717, 1.165) is 0 Å². The summed E-state index contributed by atoms with van der Waals surface area (Å²) >= 11 is 11.8. The fraction of sp³-hybridized carbons (Fsp3) is 0.375. The van der Waals surface area contributed by atoms with Gasteiger partial charge in [0.25, 0.3) is 0 Å². The molecule has 3 heteroatoms. The Labute approximate surface area is 75.7 Å². The van der Waals surface area contributed by atoms with Gasteiger partial charge in [0.15, 0.2) is 0 Å². The zero-order valence-electron chi connectivity index (χ0n) is 5.97. The van der Waals surface area contributed by atoms with E-state index in [4.69, 9.17) is 23.2 Å². The predicted molar refractivity (Wildman–Crippen MR) is 46.8 cm³/mol. The van der Waals surface area contributed by atoms with Crippen LogP contribution in [0.4, 0.5) is 0 Å². The molecule has 1 rings (SSSR count). The third-order valence-electron chi connectivity index (χ3n) is 1.58. The quantitative estimate of drug-likeness (QED) is 0.579. The Hall–Kier alpha value is -0.270. The van der Waals surface area contributed by atoms with Crippen LogP contribution in [0.5, 0.6) is 0 Å². The number of hydrogen-bond donors (Lipinski definition) is 0. The van der Waals surface area contributed by atoms with Crippen molar-refractivity contribution in [2.45, 2.75) is 17.2 Å². The summed E-state index contributed by atoms with van der Waals surface area (Å²) in [6, 6.07) is 0. The minimum absolute atomic E-state index is 0.409. The van der Waals surface area contributed by atoms with Crippen LogP contribution in [0.2, 0.25) is 0 Å². The van der Waals surface area contributed by atoms with Crippen LogP contribution in [0.15, 0.2) is 23.8 Å². The SMILES string of the molecule is CC1(Cl)C=CC=C([C]=O)C1Cl. The lowest BCUT2D eigenvalue weighted by molar-refractivity contribution is 0.558. The van der Waals surface area contributed by atoms with Crippen molar-refractivity contribution in [2.75, 3.05) is 0 Å². The highest BCUT2D eigenvalue weighted by Crippen LogP contribution is 2.32. The van der Waals surface area contributed by atoms with Crippen LogP contribution in [0, 0.1) is 0 Å². The second-order valence-corrected chi connectivity index (χ2v) is 3.85. The average Bonchev–Trinajstić information content (AvgIpc) is 1.95. The molecule has 0 spiro atoms. The number of alkyl halides is 2. The van der Waals surface area contributed by atoms with Crippen molar-refractivity contribution in [3.63, 3.8) is 0 Å². The minimum atomic E-state index is -0.664. The first-order chi connectivity index (χ1) is 5.08. The Bertz CT molecular complexity index is 228. The molecule has 1 aliphatic rings. The molecule has 0 N–H and O–H groups in total. The molecule has 2 atom stereocenters. The van der Waals surface area contributed by atoms with Gasteiger partial charge >= 0.3 is 0 Å². The van der Waals surface area contributed by atoms with Crippen molar-refractivity contribution in [3.05, 3.63) is 23.8 Å². The van der Waals surface area contributed by atoms with E-state index in [-0.39, 0.29) is 0 Å². The van der Waals surface area contributed by atoms with Gasteiger partial charge in [-0.05, 0) is 6.92 Å². The summed E-state index contributed by atoms with van der Waals surface area (Å²) in [6.45, 7) is 1.76. The van der Waals surface area contributed by atoms with Crippen molar-refractivity contribution in [2.24, 2.45) is 0 Å². The fourth-order valence-corrected chi connectivity index (χ4v) is 1.28. The van der Waals surface area contributed by atoms with Crippen LogP contribution in [-0.2, 0) is 4.79 Å². The van der Waals surface area contributed by atoms with Crippen molar-refractivity contribution in [1.82, 2.24) is 0 Å². The second kappa shape index (κ2) is 3.00. The predicted octanol–water partition coefficient (Wildman–Crippen LogP) is 2.20. The summed E-state index contributed by atoms with van der Waals surface area (Å²) in [5.74, 6) is 0. The molecular weight excluding hydrogens is 183 g/mol. The third-order valence-corrected chi connectivity index (χ3v) is 2.73. The molecular formula is C8H7Cl2O. The summed E-state index contributed by atoms with van der Waals surface area (Å²) < 4.78 is 0. The Morgan fingerprint density at radius 3 is 2.82 bits per heavy atom. The molecule has 0 aromatic heterocycles. The topological polar surface area (TPSA) is 17.1 Å². The van der Waals surface area contributed by atoms with Crippen LogP contribution in [-0.4, -0.2) is 16.5 Å². The molecule has 0 saturated carbocycles. The van der Waals surface area contributed by atoms with E-state index in [2.05, 4.69) is 0 Å². The van der Waals surface area contributed by atoms with Crippen molar-refractivity contribution >= 4 is 29.5 Å². The van der Waals surface area contributed by atoms with Gasteiger partial charge in [-0.1, -0.05) is 18.2 Å². The molecule has 1 radical (unpaired) electrons. The molecule has 0 aliphatic heterocycles. The van der Waals surface area contributed by atoms with Crippen LogP contribution in [0.25, 0.3) is 0 Å². The fourth-order valence-electron chi connectivity index (χ4n) is 0.899. The zero-order valence-corrected chi connectivity index (χ0v) is 7.49. The van der Waals surface area contributed by atoms with Gasteiger partial charge < -0.3 is 0 Å². The Kier molecular flexibility index (Phi) is 2.40. The number of halogens is 2. The number of rotatable bonds is 1. The van der Waals surface area contributed by atoms with E-state index in [0.29, 0.717) is 5.57 Å². The standard InChI is InChI=1S/C8H7Cl2O/c1-8(10)4-2-3-6(5-11)7(8)9/h2-4,7H,1H3. The lowest BCUT2D eigenvalue weighted by Crippen LogP contribution is -2.30. The maximum Gasteiger partial charge on any atom is 0.230 e. The van der Waals surface area contributed by atoms with Gasteiger partial charge in [-0.15, -0.1) is 23.2 Å². The first-order valence-electron chi connectivity index (χ1n) is 3.18. The highest BCUT2D eigenvalue weighted by atomic mass is 35.5. The molecule has 0 saturated heterocycles. The lowest BCUT2D eigenvalue weighted by atomic mass is 9.95. The molecule has 0 bridgehead atoms. The van der Waals surface area contributed by atoms with Gasteiger partial charge in [0, 0.05) is 5.57 Å². The Morgan fingerprint density at radius 2 is 2.36 bits per heavy atom. The van der Waals surface area contributed by atoms with E-state index in [1.807, 2.05) is 0 Å². The van der Waals surface area contributed by atoms with Gasteiger partial charge in [0.1, 0.15) is 0 Å². The van der Waals surface area contributed by atoms with E-state index in [1.54, 1.807) is 31.4 Å². The summed E-state index contributed by atoms with van der Waals surface area (Å²) in [5.41, 5.74) is 0.409. The van der Waals surface area contributed by atoms with Crippen molar-refractivity contribution in [3.8, 4) is 0 Å². The monoisotopic (exact) mass is 189 g/mol. The number of allylic oxidation sites excluding steroid dienone is 4. The van der Waals surface area contributed by atoms with Crippen LogP contribution >= 0.6 is 23.2 Å². The van der Waals surface area contributed by atoms with Crippen molar-refractivity contribution < 1.29 is 4.79 Å². The molecule has 0 fully saturated rings. The van der Waals surface area contributed by atoms with Gasteiger partial charge in [-0.25, -0.2) is 0 Å². The molecule has 0 aromatic carbocycles. The Morgan fingerprint density at radius 1 is 1.73 bits per heavy atom. The van der Waals surface area contributed by atoms with Crippen LogP contribution in [0.1, 0.15) is 6.92 Å². The molecule has 0 amide bonds. The molecule has 1 nitrogen and oxygen atoms in total. The highest BCUT2D eigenvalue weighted by Gasteiger charge is 2.32. The maximum atomic E-state index is 10.3. The molecule has 0 heterocycles. The largest absolute Gasteiger partial charge is 0.285 e. The van der Waals surface area contributed by atoms with Gasteiger partial charge in [-0.2, -0.15) is 0 Å². The normalized spacial score (nSPS) is 36.6. The molecule has 1 aliphatic carbocycles. The third kappa shape index (κ3) is 1.66. The van der Waals surface area contributed by atoms with Crippen LogP contribution in [0.3, 0.4) is 0 Å². The van der Waals surface area contributed by atoms with Gasteiger partial charge in [0.2, 0.25) is 6.29 Å². The Balaban J connectivity index is 2.94. The summed E-state index contributed by atoms with van der Waals surface area (Å²) in [5, 5.41) is -0.480. The summed E-state index contributed by atoms with van der Waals surface area (Å²) in [6.07, 6.45) is 6.84. The van der Waals surface area contributed by atoms with E-state index < -0.39 is 10.3 Å². The highest BCUT2D eigenvalue weighted by molar-refractivity contribution is 6.35. The minimum Gasteiger partial charge on any atom is -0.285 e. The molecule has 0 aromatic rings. The van der Waals surface area contributed by atoms with Crippen molar-refractivity contribution in [1.29, 1.82) is 0 Å². The van der Waals surface area contributed by atoms with Gasteiger partial charge in [0.05, 0.1) is 10.3 Å². The molecule has 11 heavy (non-hydrogen) atoms. The van der Waals surface area contributed by atoms with Gasteiger partial charge in [-0.3, -0.25) is 4.79 Å². The van der Waals surface area contributed by atoms with E-state index >= 15 is 0 Å². The first-order valence-corrected chi connectivity index (χ1v) is 4.00. The van der Waals surface area contributed by atoms with Crippen LogP contribution < -0.4 is 0 Å². The first kappa shape index (κ1) is 8.82. The summed E-state index contributed by atoms with van der Waals surface area (Å²) in [7, 11) is 0. The van der Waals surface area contributed by atoms with E-state index in [9.17, 15) is 4.79 Å². The lowest BCUT2D eigenvalue weighted by Gasteiger charge is -2.25. The average molecular weight is 190 g/mol. The van der Waals surface area contributed by atoms with E-state index in [1.165, 1.54) is 0 Å². The maximum absolute atomic E-state index is 10.3. The zero-order chi connectivity index (χ0) is 8.48.